The highest BCUT2D eigenvalue weighted by Gasteiger charge is 2.30. The molecule has 0 radical (unpaired) electrons. The highest BCUT2D eigenvalue weighted by Crippen LogP contribution is 2.15. The van der Waals surface area contributed by atoms with Gasteiger partial charge in [-0.25, -0.2) is 0 Å². The number of Topliss-reactive ketones (excluding diaryl/α,β-unsaturated/α-hetero) is 1. The number of hydrogen-bond acceptors (Lipinski definition) is 6. The van der Waals surface area contributed by atoms with Gasteiger partial charge < -0.3 is 14.8 Å². The van der Waals surface area contributed by atoms with E-state index in [1.54, 1.807) is 24.3 Å². The van der Waals surface area contributed by atoms with Crippen molar-refractivity contribution >= 4 is 17.7 Å². The number of carbonyl (C=O) groups excluding carboxylic acids is 3. The van der Waals surface area contributed by atoms with Gasteiger partial charge in [-0.2, -0.15) is 0 Å². The summed E-state index contributed by atoms with van der Waals surface area (Å²) in [5.41, 5.74) is 0.645. The molecule has 6 heteroatoms. The van der Waals surface area contributed by atoms with Crippen molar-refractivity contribution in [1.82, 2.24) is 5.32 Å². The maximum absolute atomic E-state index is 12.3. The largest absolute Gasteiger partial charge is 0.464 e. The second kappa shape index (κ2) is 8.40. The SMILES string of the molecule is CC(=O)OC[C@H]1N[C@@H](CC(=O)c2ccccc2)C=C[C@@H]1OC(C)=O. The Hall–Kier alpha value is -2.47. The molecule has 2 rings (SSSR count). The zero-order chi connectivity index (χ0) is 17.5. The van der Waals surface area contributed by atoms with Crippen LogP contribution >= 0.6 is 0 Å². The number of ketones is 1. The molecular weight excluding hydrogens is 310 g/mol. The molecule has 1 N–H and O–H groups in total. The first-order valence-electron chi connectivity index (χ1n) is 7.79. The molecule has 0 aromatic heterocycles. The van der Waals surface area contributed by atoms with E-state index in [2.05, 4.69) is 5.32 Å². The van der Waals surface area contributed by atoms with Crippen LogP contribution in [0.3, 0.4) is 0 Å². The average Bonchev–Trinajstić information content (AvgIpc) is 2.55. The molecule has 0 spiro atoms. The Kier molecular flexibility index (Phi) is 6.26. The van der Waals surface area contributed by atoms with Crippen molar-refractivity contribution in [3.63, 3.8) is 0 Å². The van der Waals surface area contributed by atoms with Crippen molar-refractivity contribution in [1.29, 1.82) is 0 Å². The van der Waals surface area contributed by atoms with Crippen LogP contribution in [0.25, 0.3) is 0 Å². The molecule has 128 valence electrons. The van der Waals surface area contributed by atoms with Crippen LogP contribution in [0.15, 0.2) is 42.5 Å². The topological polar surface area (TPSA) is 81.7 Å². The summed E-state index contributed by atoms with van der Waals surface area (Å²) in [6, 6.07) is 8.42. The van der Waals surface area contributed by atoms with Gasteiger partial charge in [-0.3, -0.25) is 14.4 Å². The smallest absolute Gasteiger partial charge is 0.303 e. The standard InChI is InChI=1S/C18H21NO5/c1-12(20)23-11-16-18(24-13(2)21)9-8-15(19-16)10-17(22)14-6-4-3-5-7-14/h3-9,15-16,18-19H,10-11H2,1-2H3/t15-,16-,18+/m1/s1. The van der Waals surface area contributed by atoms with Gasteiger partial charge in [-0.15, -0.1) is 0 Å². The van der Waals surface area contributed by atoms with Gasteiger partial charge in [0, 0.05) is 31.9 Å². The molecule has 0 saturated heterocycles. The van der Waals surface area contributed by atoms with Crippen LogP contribution in [-0.4, -0.2) is 42.5 Å². The van der Waals surface area contributed by atoms with Crippen molar-refractivity contribution in [2.45, 2.75) is 38.5 Å². The van der Waals surface area contributed by atoms with Gasteiger partial charge in [0.25, 0.3) is 0 Å². The van der Waals surface area contributed by atoms with E-state index in [1.807, 2.05) is 18.2 Å². The first-order valence-corrected chi connectivity index (χ1v) is 7.79. The van der Waals surface area contributed by atoms with Crippen molar-refractivity contribution in [3.05, 3.63) is 48.0 Å². The van der Waals surface area contributed by atoms with Crippen LogP contribution in [-0.2, 0) is 19.1 Å². The molecule has 0 aliphatic carbocycles. The maximum atomic E-state index is 12.3. The quantitative estimate of drug-likeness (QED) is 0.485. The number of esters is 2. The molecule has 1 aliphatic heterocycles. The van der Waals surface area contributed by atoms with Crippen molar-refractivity contribution in [3.8, 4) is 0 Å². The minimum Gasteiger partial charge on any atom is -0.464 e. The zero-order valence-corrected chi connectivity index (χ0v) is 13.7. The van der Waals surface area contributed by atoms with E-state index < -0.39 is 24.1 Å². The lowest BCUT2D eigenvalue weighted by Crippen LogP contribution is -2.52. The number of rotatable bonds is 6. The monoisotopic (exact) mass is 331 g/mol. The van der Waals surface area contributed by atoms with E-state index in [1.165, 1.54) is 13.8 Å². The van der Waals surface area contributed by atoms with E-state index in [9.17, 15) is 14.4 Å². The van der Waals surface area contributed by atoms with E-state index in [4.69, 9.17) is 9.47 Å². The van der Waals surface area contributed by atoms with Crippen LogP contribution in [0.4, 0.5) is 0 Å². The molecule has 1 heterocycles. The van der Waals surface area contributed by atoms with E-state index in [-0.39, 0.29) is 24.9 Å². The van der Waals surface area contributed by atoms with E-state index in [0.717, 1.165) is 0 Å². The predicted molar refractivity (Wildman–Crippen MR) is 87.4 cm³/mol. The van der Waals surface area contributed by atoms with Crippen molar-refractivity contribution in [2.24, 2.45) is 0 Å². The Morgan fingerprint density at radius 1 is 1.04 bits per heavy atom. The summed E-state index contributed by atoms with van der Waals surface area (Å²) in [6.07, 6.45) is 3.27. The maximum Gasteiger partial charge on any atom is 0.303 e. The lowest BCUT2D eigenvalue weighted by atomic mass is 9.97. The minimum atomic E-state index is -0.537. The lowest BCUT2D eigenvalue weighted by molar-refractivity contribution is -0.148. The molecule has 1 aromatic rings. The van der Waals surface area contributed by atoms with Crippen LogP contribution in [0, 0.1) is 0 Å². The molecule has 0 saturated carbocycles. The zero-order valence-electron chi connectivity index (χ0n) is 13.7. The normalized spacial score (nSPS) is 22.7. The number of benzene rings is 1. The molecular formula is C18H21NO5. The summed E-state index contributed by atoms with van der Waals surface area (Å²) in [5, 5.41) is 3.20. The second-order valence-corrected chi connectivity index (χ2v) is 5.63. The summed E-state index contributed by atoms with van der Waals surface area (Å²) in [5.74, 6) is -0.821. The van der Waals surface area contributed by atoms with Gasteiger partial charge in [0.05, 0.1) is 6.04 Å². The molecule has 3 atom stereocenters. The first-order chi connectivity index (χ1) is 11.5. The fraction of sp³-hybridized carbons (Fsp3) is 0.389. The highest BCUT2D eigenvalue weighted by molar-refractivity contribution is 5.96. The summed E-state index contributed by atoms with van der Waals surface area (Å²) >= 11 is 0. The van der Waals surface area contributed by atoms with Gasteiger partial charge in [-0.1, -0.05) is 36.4 Å². The van der Waals surface area contributed by atoms with Crippen LogP contribution < -0.4 is 5.32 Å². The minimum absolute atomic E-state index is 0.00919. The van der Waals surface area contributed by atoms with Gasteiger partial charge >= 0.3 is 11.9 Å². The number of nitrogens with one attached hydrogen (secondary N) is 1. The Balaban J connectivity index is 2.02. The average molecular weight is 331 g/mol. The molecule has 0 amide bonds. The van der Waals surface area contributed by atoms with Gasteiger partial charge in [0.1, 0.15) is 12.7 Å². The number of carbonyl (C=O) groups is 3. The second-order valence-electron chi connectivity index (χ2n) is 5.63. The molecule has 1 aliphatic rings. The first kappa shape index (κ1) is 17.9. The van der Waals surface area contributed by atoms with E-state index >= 15 is 0 Å². The lowest BCUT2D eigenvalue weighted by Gasteiger charge is -2.32. The summed E-state index contributed by atoms with van der Waals surface area (Å²) in [7, 11) is 0. The molecule has 1 aromatic carbocycles. The van der Waals surface area contributed by atoms with Crippen LogP contribution in [0.2, 0.25) is 0 Å². The highest BCUT2D eigenvalue weighted by atomic mass is 16.6. The predicted octanol–water partition coefficient (Wildman–Crippen LogP) is 1.65. The molecule has 0 bridgehead atoms. The van der Waals surface area contributed by atoms with Crippen LogP contribution in [0.5, 0.6) is 0 Å². The summed E-state index contributed by atoms with van der Waals surface area (Å²) in [6.45, 7) is 2.70. The van der Waals surface area contributed by atoms with Crippen LogP contribution in [0.1, 0.15) is 30.6 Å². The number of hydrogen-bond donors (Lipinski definition) is 1. The third-order valence-corrected chi connectivity index (χ3v) is 3.63. The molecule has 0 unspecified atom stereocenters. The number of ether oxygens (including phenoxy) is 2. The Morgan fingerprint density at radius 3 is 2.38 bits per heavy atom. The summed E-state index contributed by atoms with van der Waals surface area (Å²) in [4.78, 5) is 34.5. The molecule has 0 fully saturated rings. The van der Waals surface area contributed by atoms with Gasteiger partial charge in [0.2, 0.25) is 0 Å². The van der Waals surface area contributed by atoms with Crippen molar-refractivity contribution < 1.29 is 23.9 Å². The molecule has 6 nitrogen and oxygen atoms in total. The fourth-order valence-electron chi connectivity index (χ4n) is 2.53. The molecule has 24 heavy (non-hydrogen) atoms. The fourth-order valence-corrected chi connectivity index (χ4v) is 2.53. The third kappa shape index (κ3) is 5.31. The Bertz CT molecular complexity index is 626. The summed E-state index contributed by atoms with van der Waals surface area (Å²) < 4.78 is 10.2. The Labute approximate surface area is 140 Å². The van der Waals surface area contributed by atoms with Gasteiger partial charge in [-0.05, 0) is 6.08 Å². The van der Waals surface area contributed by atoms with E-state index in [0.29, 0.717) is 5.56 Å². The van der Waals surface area contributed by atoms with Gasteiger partial charge in [0.15, 0.2) is 5.78 Å². The third-order valence-electron chi connectivity index (χ3n) is 3.63. The van der Waals surface area contributed by atoms with Crippen molar-refractivity contribution in [2.75, 3.05) is 6.61 Å². The Morgan fingerprint density at radius 2 is 1.75 bits per heavy atom.